The maximum Gasteiger partial charge on any atom is 0.317 e. The van der Waals surface area contributed by atoms with Crippen LogP contribution < -0.4 is 5.32 Å². The van der Waals surface area contributed by atoms with Gasteiger partial charge in [-0.3, -0.25) is 9.69 Å². The van der Waals surface area contributed by atoms with Crippen LogP contribution in [0.5, 0.6) is 0 Å². The number of nitrogens with one attached hydrogen (secondary N) is 1. The Morgan fingerprint density at radius 1 is 0.806 bits per heavy atom. The highest BCUT2D eigenvalue weighted by Crippen LogP contribution is 2.60. The van der Waals surface area contributed by atoms with Crippen LogP contribution in [0.2, 0.25) is 0 Å². The van der Waals surface area contributed by atoms with E-state index in [1.807, 2.05) is 4.90 Å². The average Bonchev–Trinajstić information content (AvgIpc) is 2.77. The molecule has 4 bridgehead atoms. The van der Waals surface area contributed by atoms with E-state index < -0.39 is 0 Å². The summed E-state index contributed by atoms with van der Waals surface area (Å²) in [7, 11) is 0. The minimum atomic E-state index is -0.0579. The molecule has 0 aromatic carbocycles. The number of piperidine rings is 1. The van der Waals surface area contributed by atoms with Crippen LogP contribution in [0.4, 0.5) is 4.79 Å². The third-order valence-corrected chi connectivity index (χ3v) is 9.23. The van der Waals surface area contributed by atoms with Gasteiger partial charge in [-0.25, -0.2) is 4.79 Å². The van der Waals surface area contributed by atoms with Gasteiger partial charge in [0.15, 0.2) is 0 Å². The van der Waals surface area contributed by atoms with Crippen molar-refractivity contribution in [2.75, 3.05) is 45.8 Å². The van der Waals surface area contributed by atoms with E-state index in [-0.39, 0.29) is 17.0 Å². The van der Waals surface area contributed by atoms with Crippen LogP contribution >= 0.6 is 0 Å². The van der Waals surface area contributed by atoms with E-state index in [0.29, 0.717) is 38.6 Å². The lowest BCUT2D eigenvalue weighted by Crippen LogP contribution is -2.60. The molecule has 6 rings (SSSR count). The van der Waals surface area contributed by atoms with Crippen LogP contribution in [0.3, 0.4) is 0 Å². The first-order chi connectivity index (χ1) is 14.8. The second-order valence-electron chi connectivity index (χ2n) is 12.0. The summed E-state index contributed by atoms with van der Waals surface area (Å²) in [4.78, 5) is 32.9. The number of nitrogens with zero attached hydrogens (tertiary/aromatic N) is 3. The maximum absolute atomic E-state index is 13.6. The molecule has 1 N–H and O–H groups in total. The zero-order valence-electron chi connectivity index (χ0n) is 19.7. The van der Waals surface area contributed by atoms with Crippen LogP contribution in [0.25, 0.3) is 0 Å². The van der Waals surface area contributed by atoms with Gasteiger partial charge in [0.05, 0.1) is 5.41 Å². The van der Waals surface area contributed by atoms with Crippen LogP contribution in [0.1, 0.15) is 71.6 Å². The Morgan fingerprint density at radius 3 is 1.87 bits per heavy atom. The molecule has 0 radical (unpaired) electrons. The molecule has 0 aromatic rings. The molecule has 0 atom stereocenters. The van der Waals surface area contributed by atoms with Gasteiger partial charge in [-0.1, -0.05) is 6.42 Å². The van der Waals surface area contributed by atoms with Gasteiger partial charge in [0, 0.05) is 38.3 Å². The Kier molecular flexibility index (Phi) is 5.72. The molecular formula is C25H42N4O2. The summed E-state index contributed by atoms with van der Waals surface area (Å²) in [5.41, 5.74) is -0.0655. The number of rotatable bonds is 4. The van der Waals surface area contributed by atoms with E-state index in [1.54, 1.807) is 0 Å². The number of piperazine rings is 1. The fourth-order valence-electron chi connectivity index (χ4n) is 7.84. The number of carbonyl (C=O) groups is 2. The van der Waals surface area contributed by atoms with Gasteiger partial charge in [-0.05, 0) is 96.1 Å². The molecular weight excluding hydrogens is 388 g/mol. The first-order valence-corrected chi connectivity index (χ1v) is 12.9. The monoisotopic (exact) mass is 430 g/mol. The van der Waals surface area contributed by atoms with Crippen molar-refractivity contribution in [1.82, 2.24) is 20.0 Å². The molecule has 6 heteroatoms. The van der Waals surface area contributed by atoms with Crippen LogP contribution in [0.15, 0.2) is 0 Å². The van der Waals surface area contributed by atoms with Gasteiger partial charge in [-0.15, -0.1) is 0 Å². The zero-order chi connectivity index (χ0) is 21.6. The summed E-state index contributed by atoms with van der Waals surface area (Å²) in [6.45, 7) is 10.1. The molecule has 2 heterocycles. The Bertz CT molecular complexity index is 656. The fraction of sp³-hybridized carbons (Fsp3) is 0.920. The Morgan fingerprint density at radius 2 is 1.32 bits per heavy atom. The highest BCUT2D eigenvalue weighted by Gasteiger charge is 2.55. The minimum absolute atomic E-state index is 0.00756. The van der Waals surface area contributed by atoms with Gasteiger partial charge >= 0.3 is 6.03 Å². The number of hydrogen-bond acceptors (Lipinski definition) is 3. The van der Waals surface area contributed by atoms with Gasteiger partial charge in [0.25, 0.3) is 0 Å². The highest BCUT2D eigenvalue weighted by molar-refractivity contribution is 5.84. The number of hydrogen-bond donors (Lipinski definition) is 1. The van der Waals surface area contributed by atoms with Crippen molar-refractivity contribution < 1.29 is 9.59 Å². The quantitative estimate of drug-likeness (QED) is 0.744. The summed E-state index contributed by atoms with van der Waals surface area (Å²) < 4.78 is 0. The third-order valence-electron chi connectivity index (χ3n) is 9.23. The Balaban J connectivity index is 1.11. The average molecular weight is 431 g/mol. The lowest BCUT2D eigenvalue weighted by molar-refractivity contribution is -0.159. The first-order valence-electron chi connectivity index (χ1n) is 12.9. The van der Waals surface area contributed by atoms with Crippen molar-refractivity contribution in [3.05, 3.63) is 0 Å². The smallest absolute Gasteiger partial charge is 0.317 e. The summed E-state index contributed by atoms with van der Waals surface area (Å²) in [5, 5.41) is 3.18. The van der Waals surface area contributed by atoms with Gasteiger partial charge in [0.1, 0.15) is 0 Å². The van der Waals surface area contributed by atoms with Crippen LogP contribution in [-0.2, 0) is 4.79 Å². The molecule has 31 heavy (non-hydrogen) atoms. The molecule has 0 unspecified atom stereocenters. The molecule has 174 valence electrons. The van der Waals surface area contributed by atoms with Gasteiger partial charge in [-0.2, -0.15) is 0 Å². The van der Waals surface area contributed by atoms with Crippen LogP contribution in [-0.4, -0.2) is 78.0 Å². The van der Waals surface area contributed by atoms with Crippen molar-refractivity contribution in [2.45, 2.75) is 77.2 Å². The topological polar surface area (TPSA) is 55.9 Å². The lowest BCUT2D eigenvalue weighted by Gasteiger charge is -2.57. The molecule has 4 aliphatic carbocycles. The van der Waals surface area contributed by atoms with E-state index in [2.05, 4.69) is 29.0 Å². The molecule has 3 amide bonds. The molecule has 6 fully saturated rings. The largest absolute Gasteiger partial charge is 0.339 e. The number of likely N-dealkylation sites (tertiary alicyclic amines) is 1. The standard InChI is InChI=1S/C25H42N4O2/c1-24(2,29-6-4-3-5-7-29)18-26-23(31)28-10-8-27(9-11-28)22(30)25-15-19-12-20(16-25)14-21(13-19)17-25/h19-21H,3-18H2,1-2H3,(H,26,31). The summed E-state index contributed by atoms with van der Waals surface area (Å²) in [6.07, 6.45) is 11.3. The number of amides is 3. The molecule has 4 saturated carbocycles. The van der Waals surface area contributed by atoms with Crippen LogP contribution in [0, 0.1) is 23.2 Å². The SMILES string of the molecule is CC(C)(CNC(=O)N1CCN(C(=O)C23CC4CC(CC(C4)C2)C3)CC1)N1CCCCC1. The van der Waals surface area contributed by atoms with E-state index in [4.69, 9.17) is 0 Å². The van der Waals surface area contributed by atoms with Crippen molar-refractivity contribution in [1.29, 1.82) is 0 Å². The zero-order valence-corrected chi connectivity index (χ0v) is 19.7. The third kappa shape index (κ3) is 4.21. The Labute approximate surface area is 188 Å². The molecule has 0 spiro atoms. The van der Waals surface area contributed by atoms with Gasteiger partial charge < -0.3 is 15.1 Å². The fourth-order valence-corrected chi connectivity index (χ4v) is 7.84. The number of urea groups is 1. The predicted octanol–water partition coefficient (Wildman–Crippen LogP) is 3.32. The van der Waals surface area contributed by atoms with E-state index in [0.717, 1.165) is 50.1 Å². The minimum Gasteiger partial charge on any atom is -0.339 e. The normalized spacial score (nSPS) is 36.0. The van der Waals surface area contributed by atoms with E-state index in [1.165, 1.54) is 38.5 Å². The van der Waals surface area contributed by atoms with E-state index >= 15 is 0 Å². The number of carbonyl (C=O) groups excluding carboxylic acids is 2. The molecule has 2 aliphatic heterocycles. The summed E-state index contributed by atoms with van der Waals surface area (Å²) in [6, 6.07) is 0.0342. The maximum atomic E-state index is 13.6. The van der Waals surface area contributed by atoms with Crippen molar-refractivity contribution in [2.24, 2.45) is 23.2 Å². The Hall–Kier alpha value is -1.30. The van der Waals surface area contributed by atoms with Crippen molar-refractivity contribution >= 4 is 11.9 Å². The second kappa shape index (κ2) is 8.24. The second-order valence-corrected chi connectivity index (χ2v) is 12.0. The summed E-state index contributed by atoms with van der Waals surface area (Å²) >= 11 is 0. The molecule has 6 aliphatic rings. The molecule has 6 nitrogen and oxygen atoms in total. The van der Waals surface area contributed by atoms with Crippen molar-refractivity contribution in [3.63, 3.8) is 0 Å². The van der Waals surface area contributed by atoms with Crippen molar-refractivity contribution in [3.8, 4) is 0 Å². The summed E-state index contributed by atoms with van der Waals surface area (Å²) in [5.74, 6) is 2.81. The lowest BCUT2D eigenvalue weighted by atomic mass is 9.49. The molecule has 0 aromatic heterocycles. The highest BCUT2D eigenvalue weighted by atomic mass is 16.2. The van der Waals surface area contributed by atoms with E-state index in [9.17, 15) is 9.59 Å². The first kappa shape index (κ1) is 21.5. The molecule has 2 saturated heterocycles. The predicted molar refractivity (Wildman–Crippen MR) is 122 cm³/mol. The van der Waals surface area contributed by atoms with Gasteiger partial charge in [0.2, 0.25) is 5.91 Å².